The molecule has 124 valence electrons. The molecule has 0 saturated carbocycles. The number of aromatic nitrogens is 4. The number of anilines is 1. The largest absolute Gasteiger partial charge is 0.332 e. The molecule has 0 aliphatic carbocycles. The smallest absolute Gasteiger partial charge is 0.281 e. The van der Waals surface area contributed by atoms with Crippen LogP contribution in [-0.2, 0) is 23.5 Å². The van der Waals surface area contributed by atoms with Gasteiger partial charge in [-0.2, -0.15) is 13.5 Å². The summed E-state index contributed by atoms with van der Waals surface area (Å²) in [7, 11) is -2.05. The van der Waals surface area contributed by atoms with E-state index in [9.17, 15) is 8.42 Å². The van der Waals surface area contributed by atoms with E-state index in [1.54, 1.807) is 19.6 Å². The van der Waals surface area contributed by atoms with Gasteiger partial charge in [-0.05, 0) is 24.1 Å². The Kier molecular flexibility index (Phi) is 3.42. The average Bonchev–Trinajstić information content (AvgIpc) is 3.25. The third kappa shape index (κ3) is 2.30. The highest BCUT2D eigenvalue weighted by Crippen LogP contribution is 2.35. The lowest BCUT2D eigenvalue weighted by Gasteiger charge is -2.35. The zero-order chi connectivity index (χ0) is 16.7. The van der Waals surface area contributed by atoms with Crippen molar-refractivity contribution in [2.45, 2.75) is 17.5 Å². The maximum absolute atomic E-state index is 13.2. The minimum absolute atomic E-state index is 0.00500. The zero-order valence-corrected chi connectivity index (χ0v) is 14.0. The van der Waals surface area contributed by atoms with Gasteiger partial charge in [-0.25, -0.2) is 4.98 Å². The Balaban J connectivity index is 1.83. The van der Waals surface area contributed by atoms with Crippen molar-refractivity contribution in [1.82, 2.24) is 19.3 Å². The number of aryl methyl sites for hydroxylation is 1. The molecule has 3 heterocycles. The van der Waals surface area contributed by atoms with Gasteiger partial charge in [0, 0.05) is 19.4 Å². The Morgan fingerprint density at radius 1 is 1.17 bits per heavy atom. The number of sulfonamides is 1. The Morgan fingerprint density at radius 2 is 2.00 bits per heavy atom. The molecule has 8 heteroatoms. The van der Waals surface area contributed by atoms with Gasteiger partial charge < -0.3 is 4.57 Å². The Hall–Kier alpha value is -2.61. The maximum Gasteiger partial charge on any atom is 0.281 e. The van der Waals surface area contributed by atoms with Crippen molar-refractivity contribution in [3.05, 3.63) is 60.8 Å². The second-order valence-corrected chi connectivity index (χ2v) is 7.63. The molecule has 1 aliphatic heterocycles. The fourth-order valence-corrected chi connectivity index (χ4v) is 4.82. The maximum atomic E-state index is 13.2. The molecule has 0 N–H and O–H groups in total. The molecular formula is C16H17N5O2S. The Morgan fingerprint density at radius 3 is 2.71 bits per heavy atom. The van der Waals surface area contributed by atoms with Crippen LogP contribution in [0.1, 0.15) is 11.6 Å². The van der Waals surface area contributed by atoms with Gasteiger partial charge >= 0.3 is 0 Å². The highest BCUT2D eigenvalue weighted by Gasteiger charge is 2.35. The lowest BCUT2D eigenvalue weighted by Crippen LogP contribution is -2.41. The first-order chi connectivity index (χ1) is 11.6. The van der Waals surface area contributed by atoms with Gasteiger partial charge in [-0.15, -0.1) is 0 Å². The number of benzene rings is 1. The summed E-state index contributed by atoms with van der Waals surface area (Å²) in [5.74, 6) is 0. The van der Waals surface area contributed by atoms with E-state index in [0.717, 1.165) is 17.7 Å². The summed E-state index contributed by atoms with van der Waals surface area (Å²) in [4.78, 5) is 4.09. The van der Waals surface area contributed by atoms with Gasteiger partial charge in [-0.1, -0.05) is 18.2 Å². The van der Waals surface area contributed by atoms with Crippen molar-refractivity contribution in [2.75, 3.05) is 10.8 Å². The van der Waals surface area contributed by atoms with Crippen molar-refractivity contribution < 1.29 is 8.42 Å². The second-order valence-electron chi connectivity index (χ2n) is 5.83. The first-order valence-electron chi connectivity index (χ1n) is 7.63. The van der Waals surface area contributed by atoms with Crippen LogP contribution >= 0.6 is 0 Å². The molecule has 0 bridgehead atoms. The summed E-state index contributed by atoms with van der Waals surface area (Å²) >= 11 is 0. The number of para-hydroxylation sites is 1. The van der Waals surface area contributed by atoms with E-state index in [4.69, 9.17) is 0 Å². The summed E-state index contributed by atoms with van der Waals surface area (Å²) < 4.78 is 31.2. The molecule has 0 amide bonds. The van der Waals surface area contributed by atoms with Crippen molar-refractivity contribution >= 4 is 15.7 Å². The molecule has 0 fully saturated rings. The summed E-state index contributed by atoms with van der Waals surface area (Å²) in [5, 5.41) is 4.18. The first kappa shape index (κ1) is 14.9. The van der Waals surface area contributed by atoms with Crippen LogP contribution in [0.15, 0.2) is 60.3 Å². The molecular weight excluding hydrogens is 326 g/mol. The van der Waals surface area contributed by atoms with E-state index in [2.05, 4.69) is 10.1 Å². The number of hydrogen-bond acceptors (Lipinski definition) is 4. The zero-order valence-electron chi connectivity index (χ0n) is 13.1. The molecule has 0 radical (unpaired) electrons. The third-order valence-corrected chi connectivity index (χ3v) is 6.22. The SMILES string of the molecule is Cn1nccc1S(=O)(=O)N1C[C@H](n2ccnc2)Cc2ccccc21. The normalized spacial score (nSPS) is 17.7. The minimum atomic E-state index is -3.69. The number of rotatable bonds is 3. The summed E-state index contributed by atoms with van der Waals surface area (Å²) in [6, 6.07) is 9.16. The highest BCUT2D eigenvalue weighted by molar-refractivity contribution is 7.92. The monoisotopic (exact) mass is 343 g/mol. The van der Waals surface area contributed by atoms with Gasteiger partial charge in [0.2, 0.25) is 0 Å². The van der Waals surface area contributed by atoms with E-state index >= 15 is 0 Å². The molecule has 24 heavy (non-hydrogen) atoms. The molecule has 0 spiro atoms. The van der Waals surface area contributed by atoms with E-state index < -0.39 is 10.0 Å². The fraction of sp³-hybridized carbons (Fsp3) is 0.250. The van der Waals surface area contributed by atoms with Crippen LogP contribution in [0.25, 0.3) is 0 Å². The van der Waals surface area contributed by atoms with E-state index in [1.165, 1.54) is 21.3 Å². The van der Waals surface area contributed by atoms with Crippen LogP contribution in [0.4, 0.5) is 5.69 Å². The van der Waals surface area contributed by atoms with Crippen LogP contribution in [0.2, 0.25) is 0 Å². The number of hydrogen-bond donors (Lipinski definition) is 0. The van der Waals surface area contributed by atoms with Gasteiger partial charge in [0.1, 0.15) is 0 Å². The van der Waals surface area contributed by atoms with Gasteiger partial charge in [0.15, 0.2) is 5.03 Å². The molecule has 1 aromatic carbocycles. The Labute approximate surface area is 140 Å². The standard InChI is InChI=1S/C16H17N5O2S/c1-19-16(6-7-18-19)24(22,23)21-11-14(20-9-8-17-12-20)10-13-4-2-3-5-15(13)21/h2-9,12,14H,10-11H2,1H3/t14-/m1/s1. The van der Waals surface area contributed by atoms with Crippen LogP contribution < -0.4 is 4.31 Å². The van der Waals surface area contributed by atoms with Crippen LogP contribution in [0, 0.1) is 0 Å². The molecule has 0 saturated heterocycles. The molecule has 1 atom stereocenters. The quantitative estimate of drug-likeness (QED) is 0.724. The molecule has 0 unspecified atom stereocenters. The topological polar surface area (TPSA) is 73.0 Å². The van der Waals surface area contributed by atoms with Gasteiger partial charge in [-0.3, -0.25) is 8.99 Å². The lowest BCUT2D eigenvalue weighted by atomic mass is 10.00. The molecule has 3 aromatic rings. The van der Waals surface area contributed by atoms with E-state index in [1.807, 2.05) is 35.0 Å². The van der Waals surface area contributed by atoms with Gasteiger partial charge in [0.05, 0.1) is 30.8 Å². The summed E-state index contributed by atoms with van der Waals surface area (Å²) in [5.41, 5.74) is 1.74. The lowest BCUT2D eigenvalue weighted by molar-refractivity contribution is 0.485. The summed E-state index contributed by atoms with van der Waals surface area (Å²) in [6.07, 6.45) is 7.57. The minimum Gasteiger partial charge on any atom is -0.332 e. The van der Waals surface area contributed by atoms with Crippen LogP contribution in [-0.4, -0.2) is 34.3 Å². The van der Waals surface area contributed by atoms with Crippen LogP contribution in [0.3, 0.4) is 0 Å². The van der Waals surface area contributed by atoms with Crippen molar-refractivity contribution in [3.63, 3.8) is 0 Å². The van der Waals surface area contributed by atoms with Crippen molar-refractivity contribution in [1.29, 1.82) is 0 Å². The van der Waals surface area contributed by atoms with E-state index in [-0.39, 0.29) is 11.1 Å². The predicted molar refractivity (Wildman–Crippen MR) is 89.1 cm³/mol. The predicted octanol–water partition coefficient (Wildman–Crippen LogP) is 1.61. The average molecular weight is 343 g/mol. The summed E-state index contributed by atoms with van der Waals surface area (Å²) in [6.45, 7) is 0.362. The third-order valence-electron chi connectivity index (χ3n) is 4.37. The van der Waals surface area contributed by atoms with Gasteiger partial charge in [0.25, 0.3) is 10.0 Å². The molecule has 1 aliphatic rings. The molecule has 4 rings (SSSR count). The molecule has 2 aromatic heterocycles. The number of nitrogens with zero attached hydrogens (tertiary/aromatic N) is 5. The second kappa shape index (κ2) is 5.48. The fourth-order valence-electron chi connectivity index (χ4n) is 3.18. The number of fused-ring (bicyclic) bond motifs is 1. The highest BCUT2D eigenvalue weighted by atomic mass is 32.2. The first-order valence-corrected chi connectivity index (χ1v) is 9.07. The Bertz CT molecular complexity index is 962. The van der Waals surface area contributed by atoms with Crippen molar-refractivity contribution in [2.24, 2.45) is 7.05 Å². The van der Waals surface area contributed by atoms with Crippen molar-refractivity contribution in [3.8, 4) is 0 Å². The van der Waals surface area contributed by atoms with Crippen LogP contribution in [0.5, 0.6) is 0 Å². The number of imidazole rings is 1. The van der Waals surface area contributed by atoms with E-state index in [0.29, 0.717) is 6.54 Å². The molecule has 7 nitrogen and oxygen atoms in total.